The zero-order chi connectivity index (χ0) is 17.4. The fourth-order valence-electron chi connectivity index (χ4n) is 2.58. The Kier molecular flexibility index (Phi) is 3.78. The smallest absolute Gasteiger partial charge is 0.291 e. The first kappa shape index (κ1) is 15.5. The van der Waals surface area contributed by atoms with Gasteiger partial charge in [-0.25, -0.2) is 4.98 Å². The summed E-state index contributed by atoms with van der Waals surface area (Å²) in [6.45, 7) is 1.91. The molecule has 4 aromatic rings. The van der Waals surface area contributed by atoms with Crippen molar-refractivity contribution in [1.82, 2.24) is 4.98 Å². The first-order chi connectivity index (χ1) is 12.1. The molecule has 124 valence electrons. The molecule has 0 radical (unpaired) electrons. The summed E-state index contributed by atoms with van der Waals surface area (Å²) in [7, 11) is 0. The fraction of sp³-hybridized carbons (Fsp3) is 0.0526. The lowest BCUT2D eigenvalue weighted by Gasteiger charge is -2.08. The second-order valence-corrected chi connectivity index (χ2v) is 6.00. The number of halogens is 1. The molecule has 6 heteroatoms. The van der Waals surface area contributed by atoms with Crippen LogP contribution in [0.4, 0.5) is 5.69 Å². The number of para-hydroxylation sites is 1. The van der Waals surface area contributed by atoms with Crippen LogP contribution in [-0.4, -0.2) is 10.9 Å². The summed E-state index contributed by atoms with van der Waals surface area (Å²) >= 11 is 6.10. The van der Waals surface area contributed by atoms with Crippen molar-refractivity contribution in [3.8, 4) is 11.5 Å². The molecular weight excluding hydrogens is 340 g/mol. The molecule has 4 rings (SSSR count). The molecule has 0 spiro atoms. The lowest BCUT2D eigenvalue weighted by atomic mass is 10.1. The van der Waals surface area contributed by atoms with E-state index in [-0.39, 0.29) is 11.7 Å². The second kappa shape index (κ2) is 6.11. The fourth-order valence-corrected chi connectivity index (χ4v) is 2.80. The lowest BCUT2D eigenvalue weighted by molar-refractivity contribution is 0.0998. The van der Waals surface area contributed by atoms with Gasteiger partial charge in [0.25, 0.3) is 5.91 Å². The number of anilines is 1. The third kappa shape index (κ3) is 2.90. The molecule has 0 bridgehead atoms. The van der Waals surface area contributed by atoms with E-state index in [1.165, 1.54) is 6.26 Å². The Morgan fingerprint density at radius 2 is 2.08 bits per heavy atom. The SMILES string of the molecule is Cc1ccc(-c2ncco2)cc1NC(=O)c1cc2cccc(Cl)c2o1. The minimum atomic E-state index is -0.347. The van der Waals surface area contributed by atoms with Crippen molar-refractivity contribution in [3.63, 3.8) is 0 Å². The summed E-state index contributed by atoms with van der Waals surface area (Å²) in [4.78, 5) is 16.7. The average molecular weight is 353 g/mol. The molecular formula is C19H13ClN2O3. The van der Waals surface area contributed by atoms with Gasteiger partial charge in [0.2, 0.25) is 5.89 Å². The number of oxazole rings is 1. The molecule has 0 fully saturated rings. The van der Waals surface area contributed by atoms with Gasteiger partial charge in [0.05, 0.1) is 11.2 Å². The molecule has 0 aliphatic carbocycles. The summed E-state index contributed by atoms with van der Waals surface area (Å²) in [6.07, 6.45) is 3.08. The number of carbonyl (C=O) groups is 1. The lowest BCUT2D eigenvalue weighted by Crippen LogP contribution is -2.11. The van der Waals surface area contributed by atoms with E-state index < -0.39 is 0 Å². The third-order valence-corrected chi connectivity index (χ3v) is 4.18. The number of nitrogens with one attached hydrogen (secondary N) is 1. The summed E-state index contributed by atoms with van der Waals surface area (Å²) in [5, 5.41) is 4.12. The van der Waals surface area contributed by atoms with Gasteiger partial charge in [-0.1, -0.05) is 29.8 Å². The average Bonchev–Trinajstić information content (AvgIpc) is 3.26. The summed E-state index contributed by atoms with van der Waals surface area (Å²) < 4.78 is 10.9. The molecule has 0 saturated carbocycles. The summed E-state index contributed by atoms with van der Waals surface area (Å²) in [5.74, 6) is 0.343. The van der Waals surface area contributed by atoms with Crippen molar-refractivity contribution in [2.45, 2.75) is 6.92 Å². The Morgan fingerprint density at radius 1 is 1.20 bits per heavy atom. The van der Waals surface area contributed by atoms with Gasteiger partial charge in [0, 0.05) is 16.6 Å². The Bertz CT molecular complexity index is 1070. The minimum absolute atomic E-state index is 0.198. The molecule has 1 N–H and O–H groups in total. The quantitative estimate of drug-likeness (QED) is 0.543. The van der Waals surface area contributed by atoms with E-state index in [1.807, 2.05) is 37.3 Å². The van der Waals surface area contributed by atoms with E-state index in [4.69, 9.17) is 20.4 Å². The summed E-state index contributed by atoms with van der Waals surface area (Å²) in [6, 6.07) is 12.6. The normalized spacial score (nSPS) is 11.0. The van der Waals surface area contributed by atoms with Crippen LogP contribution in [0.15, 0.2) is 63.8 Å². The molecule has 2 aromatic carbocycles. The molecule has 0 saturated heterocycles. The predicted octanol–water partition coefficient (Wildman–Crippen LogP) is 5.30. The summed E-state index contributed by atoms with van der Waals surface area (Å²) in [5.41, 5.74) is 2.85. The van der Waals surface area contributed by atoms with Crippen LogP contribution >= 0.6 is 11.6 Å². The first-order valence-corrected chi connectivity index (χ1v) is 7.99. The van der Waals surface area contributed by atoms with E-state index in [0.717, 1.165) is 16.5 Å². The molecule has 0 atom stereocenters. The van der Waals surface area contributed by atoms with Gasteiger partial charge in [-0.2, -0.15) is 0 Å². The Balaban J connectivity index is 1.65. The predicted molar refractivity (Wildman–Crippen MR) is 95.9 cm³/mol. The van der Waals surface area contributed by atoms with Crippen molar-refractivity contribution in [1.29, 1.82) is 0 Å². The maximum absolute atomic E-state index is 12.6. The van der Waals surface area contributed by atoms with Crippen LogP contribution in [0.3, 0.4) is 0 Å². The number of furan rings is 1. The van der Waals surface area contributed by atoms with Gasteiger partial charge in [-0.15, -0.1) is 0 Å². The van der Waals surface area contributed by atoms with Crippen molar-refractivity contribution in [2.24, 2.45) is 0 Å². The van der Waals surface area contributed by atoms with E-state index in [1.54, 1.807) is 18.3 Å². The number of hydrogen-bond donors (Lipinski definition) is 1. The highest BCUT2D eigenvalue weighted by molar-refractivity contribution is 6.34. The van der Waals surface area contributed by atoms with E-state index >= 15 is 0 Å². The largest absolute Gasteiger partial charge is 0.449 e. The van der Waals surface area contributed by atoms with E-state index in [9.17, 15) is 4.79 Å². The topological polar surface area (TPSA) is 68.3 Å². The van der Waals surface area contributed by atoms with Gasteiger partial charge in [0.15, 0.2) is 11.3 Å². The van der Waals surface area contributed by atoms with Crippen molar-refractivity contribution < 1.29 is 13.6 Å². The number of nitrogens with zero attached hydrogens (tertiary/aromatic N) is 1. The number of aromatic nitrogens is 1. The maximum Gasteiger partial charge on any atom is 0.291 e. The molecule has 0 unspecified atom stereocenters. The van der Waals surface area contributed by atoms with E-state index in [0.29, 0.717) is 22.2 Å². The highest BCUT2D eigenvalue weighted by Crippen LogP contribution is 2.28. The Hall–Kier alpha value is -3.05. The number of hydrogen-bond acceptors (Lipinski definition) is 4. The highest BCUT2D eigenvalue weighted by Gasteiger charge is 2.15. The monoisotopic (exact) mass is 352 g/mol. The zero-order valence-corrected chi connectivity index (χ0v) is 14.0. The van der Waals surface area contributed by atoms with Crippen LogP contribution in [-0.2, 0) is 0 Å². The molecule has 25 heavy (non-hydrogen) atoms. The molecule has 2 aromatic heterocycles. The molecule has 0 aliphatic heterocycles. The second-order valence-electron chi connectivity index (χ2n) is 5.59. The van der Waals surface area contributed by atoms with Crippen LogP contribution in [0, 0.1) is 6.92 Å². The van der Waals surface area contributed by atoms with Crippen LogP contribution in [0.5, 0.6) is 0 Å². The van der Waals surface area contributed by atoms with Gasteiger partial charge in [-0.3, -0.25) is 4.79 Å². The minimum Gasteiger partial charge on any atom is -0.449 e. The maximum atomic E-state index is 12.6. The number of fused-ring (bicyclic) bond motifs is 1. The van der Waals surface area contributed by atoms with Crippen LogP contribution in [0.1, 0.15) is 16.1 Å². The van der Waals surface area contributed by atoms with Gasteiger partial charge in [-0.05, 0) is 36.8 Å². The Morgan fingerprint density at radius 3 is 2.84 bits per heavy atom. The van der Waals surface area contributed by atoms with Crippen LogP contribution in [0.2, 0.25) is 5.02 Å². The Labute approximate surface area is 148 Å². The number of rotatable bonds is 3. The number of aryl methyl sites for hydroxylation is 1. The number of amides is 1. The molecule has 0 aliphatic rings. The number of benzene rings is 2. The van der Waals surface area contributed by atoms with Gasteiger partial charge >= 0.3 is 0 Å². The number of carbonyl (C=O) groups excluding carboxylic acids is 1. The zero-order valence-electron chi connectivity index (χ0n) is 13.2. The van der Waals surface area contributed by atoms with Crippen molar-refractivity contribution in [3.05, 3.63) is 71.3 Å². The standard InChI is InChI=1S/C19H13ClN2O3/c1-11-5-6-13(19-21-7-8-24-19)9-15(11)22-18(23)16-10-12-3-2-4-14(20)17(12)25-16/h2-10H,1H3,(H,22,23). The van der Waals surface area contributed by atoms with Crippen LogP contribution in [0.25, 0.3) is 22.4 Å². The third-order valence-electron chi connectivity index (χ3n) is 3.88. The van der Waals surface area contributed by atoms with Crippen LogP contribution < -0.4 is 5.32 Å². The highest BCUT2D eigenvalue weighted by atomic mass is 35.5. The van der Waals surface area contributed by atoms with E-state index in [2.05, 4.69) is 10.3 Å². The molecule has 2 heterocycles. The van der Waals surface area contributed by atoms with Gasteiger partial charge in [0.1, 0.15) is 6.26 Å². The van der Waals surface area contributed by atoms with Crippen molar-refractivity contribution >= 4 is 34.2 Å². The van der Waals surface area contributed by atoms with Crippen molar-refractivity contribution in [2.75, 3.05) is 5.32 Å². The first-order valence-electron chi connectivity index (χ1n) is 7.62. The molecule has 1 amide bonds. The molecule has 5 nitrogen and oxygen atoms in total. The van der Waals surface area contributed by atoms with Gasteiger partial charge < -0.3 is 14.2 Å².